The average Bonchev–Trinajstić information content (AvgIpc) is 3.03. The van der Waals surface area contributed by atoms with Gasteiger partial charge >= 0.3 is 0 Å². The molecule has 278 valence electrons. The summed E-state index contributed by atoms with van der Waals surface area (Å²) in [4.78, 5) is 27.6. The maximum Gasteiger partial charge on any atom is 0.233 e. The van der Waals surface area contributed by atoms with Gasteiger partial charge in [0.05, 0.1) is 52.7 Å². The molecule has 0 bridgehead atoms. The molecule has 1 amide bonds. The first-order chi connectivity index (χ1) is 23.9. The van der Waals surface area contributed by atoms with Gasteiger partial charge in [0, 0.05) is 29.2 Å². The topological polar surface area (TPSA) is 168 Å². The zero-order valence-electron chi connectivity index (χ0n) is 30.3. The summed E-state index contributed by atoms with van der Waals surface area (Å²) in [5, 5.41) is 0.832. The van der Waals surface area contributed by atoms with Crippen LogP contribution in [0.4, 0.5) is 0 Å². The van der Waals surface area contributed by atoms with Gasteiger partial charge in [0.25, 0.3) is 0 Å². The van der Waals surface area contributed by atoms with Crippen LogP contribution in [-0.2, 0) is 50.3 Å². The number of benzene rings is 2. The third-order valence-corrected chi connectivity index (χ3v) is 11.7. The normalized spacial score (nSPS) is 15.3. The molecule has 0 aliphatic carbocycles. The Morgan fingerprint density at radius 1 is 0.824 bits per heavy atom. The van der Waals surface area contributed by atoms with Crippen molar-refractivity contribution < 1.29 is 35.9 Å². The Labute approximate surface area is 301 Å². The van der Waals surface area contributed by atoms with Crippen molar-refractivity contribution in [3.63, 3.8) is 0 Å². The summed E-state index contributed by atoms with van der Waals surface area (Å²) in [6, 6.07) is 15.5. The number of amides is 1. The minimum atomic E-state index is -4.28. The lowest BCUT2D eigenvalue weighted by atomic mass is 10.0. The first-order valence-corrected chi connectivity index (χ1v) is 20.5. The number of ether oxygens (including phenoxy) is 2. The first-order valence-electron chi connectivity index (χ1n) is 16.9. The Bertz CT molecular complexity index is 2000. The van der Waals surface area contributed by atoms with Gasteiger partial charge in [-0.05, 0) is 83.9 Å². The highest BCUT2D eigenvalue weighted by Crippen LogP contribution is 2.29. The van der Waals surface area contributed by atoms with Crippen molar-refractivity contribution in [1.82, 2.24) is 15.0 Å². The number of pyridine rings is 2. The van der Waals surface area contributed by atoms with Crippen LogP contribution in [0, 0.1) is 0 Å². The van der Waals surface area contributed by atoms with E-state index in [-0.39, 0.29) is 12.7 Å². The zero-order valence-corrected chi connectivity index (χ0v) is 31.9. The van der Waals surface area contributed by atoms with Crippen molar-refractivity contribution in [3.8, 4) is 0 Å². The van der Waals surface area contributed by atoms with Crippen LogP contribution in [-0.4, -0.2) is 91.9 Å². The highest BCUT2D eigenvalue weighted by atomic mass is 32.2. The molecule has 51 heavy (non-hydrogen) atoms. The van der Waals surface area contributed by atoms with Crippen LogP contribution >= 0.6 is 0 Å². The number of hydroxylamine groups is 2. The number of carbonyl (C=O) groups is 1. The van der Waals surface area contributed by atoms with E-state index in [1.54, 1.807) is 60.6 Å². The fourth-order valence-corrected chi connectivity index (χ4v) is 9.62. The van der Waals surface area contributed by atoms with Crippen molar-refractivity contribution in [3.05, 3.63) is 84.2 Å². The Balaban J connectivity index is 1.83. The molecule has 3 unspecified atom stereocenters. The van der Waals surface area contributed by atoms with Gasteiger partial charge in [-0.15, -0.1) is 0 Å². The van der Waals surface area contributed by atoms with Gasteiger partial charge < -0.3 is 15.2 Å². The number of sulfone groups is 2. The second-order valence-electron chi connectivity index (χ2n) is 14.3. The van der Waals surface area contributed by atoms with E-state index < -0.39 is 72.1 Å². The van der Waals surface area contributed by atoms with E-state index in [0.29, 0.717) is 28.6 Å². The lowest BCUT2D eigenvalue weighted by Gasteiger charge is -2.41. The quantitative estimate of drug-likeness (QED) is 0.110. The molecule has 4 aromatic rings. The summed E-state index contributed by atoms with van der Waals surface area (Å²) in [5.74, 6) is -1.61. The SMILES string of the molecule is CC(C)OC[C@H](N)C(C(OC(C)C)C(CS(=O)(=O)Cc1cnc2ccccc2c1)N(C=O)OC(C)(C)C)S(=O)(=O)Cc1cnc2ccccc2c1. The molecule has 0 spiro atoms. The average molecular weight is 743 g/mol. The monoisotopic (exact) mass is 742 g/mol. The Kier molecular flexibility index (Phi) is 13.3. The number of aromatic nitrogens is 2. The van der Waals surface area contributed by atoms with E-state index in [1.807, 2.05) is 48.5 Å². The van der Waals surface area contributed by atoms with Crippen LogP contribution in [0.2, 0.25) is 0 Å². The number of nitrogens with zero attached hydrogens (tertiary/aromatic N) is 3. The van der Waals surface area contributed by atoms with Crippen LogP contribution in [0.1, 0.15) is 59.6 Å². The minimum Gasteiger partial charge on any atom is -0.377 e. The van der Waals surface area contributed by atoms with Gasteiger partial charge in [-0.25, -0.2) is 21.9 Å². The zero-order chi connectivity index (χ0) is 37.6. The third kappa shape index (κ3) is 11.5. The number of nitrogens with two attached hydrogens (primary N) is 1. The fraction of sp³-hybridized carbons (Fsp3) is 0.486. The summed E-state index contributed by atoms with van der Waals surface area (Å²) in [6.45, 7) is 11.9. The molecule has 4 rings (SSSR count). The van der Waals surface area contributed by atoms with Crippen molar-refractivity contribution >= 4 is 47.9 Å². The lowest BCUT2D eigenvalue weighted by molar-refractivity contribution is -0.244. The molecule has 2 heterocycles. The molecule has 0 radical (unpaired) electrons. The van der Waals surface area contributed by atoms with Crippen molar-refractivity contribution in [2.24, 2.45) is 5.73 Å². The number of hydrogen-bond donors (Lipinski definition) is 1. The van der Waals surface area contributed by atoms with Gasteiger partial charge in [-0.3, -0.25) is 19.6 Å². The summed E-state index contributed by atoms with van der Waals surface area (Å²) in [5.41, 5.74) is 7.99. The number of carbonyl (C=O) groups excluding carboxylic acids is 1. The lowest BCUT2D eigenvalue weighted by Crippen LogP contribution is -2.61. The molecular formula is C37H50N4O8S2. The maximum absolute atomic E-state index is 14.7. The second kappa shape index (κ2) is 16.9. The summed E-state index contributed by atoms with van der Waals surface area (Å²) >= 11 is 0. The van der Waals surface area contributed by atoms with Gasteiger partial charge in [0.15, 0.2) is 19.7 Å². The maximum atomic E-state index is 14.7. The van der Waals surface area contributed by atoms with Gasteiger partial charge in [-0.2, -0.15) is 0 Å². The molecule has 2 aromatic carbocycles. The molecular weight excluding hydrogens is 693 g/mol. The molecule has 4 atom stereocenters. The standard InChI is InChI=1S/C37H50N4O8S2/c1-25(2)47-20-31(38)36(51(45,46)22-28-17-30-13-9-11-15-33(30)40-19-28)35(48-26(3)4)34(41(24-42)49-37(5,6)7)23-50(43,44)21-27-16-29-12-8-10-14-32(29)39-18-27/h8-19,24-26,31,34-36H,20-23,38H2,1-7H3/t31-,34?,35?,36?/m0/s1. The molecule has 0 aliphatic rings. The van der Waals surface area contributed by atoms with Crippen molar-refractivity contribution in [2.75, 3.05) is 12.4 Å². The van der Waals surface area contributed by atoms with Gasteiger partial charge in [0.1, 0.15) is 17.4 Å². The smallest absolute Gasteiger partial charge is 0.233 e. The van der Waals surface area contributed by atoms with Crippen molar-refractivity contribution in [2.45, 2.75) is 101 Å². The molecule has 0 saturated carbocycles. The Morgan fingerprint density at radius 3 is 1.84 bits per heavy atom. The van der Waals surface area contributed by atoms with Gasteiger partial charge in [0.2, 0.25) is 6.41 Å². The second-order valence-corrected chi connectivity index (χ2v) is 18.6. The molecule has 2 aromatic heterocycles. The van der Waals surface area contributed by atoms with E-state index in [0.717, 1.165) is 15.8 Å². The molecule has 2 N–H and O–H groups in total. The van der Waals surface area contributed by atoms with E-state index in [9.17, 15) is 21.6 Å². The number of hydrogen-bond acceptors (Lipinski definition) is 11. The fourth-order valence-electron chi connectivity index (χ4n) is 5.90. The summed E-state index contributed by atoms with van der Waals surface area (Å²) in [6.07, 6.45) is 0.982. The van der Waals surface area contributed by atoms with E-state index in [4.69, 9.17) is 20.0 Å². The number of rotatable bonds is 18. The predicted molar refractivity (Wildman–Crippen MR) is 199 cm³/mol. The van der Waals surface area contributed by atoms with E-state index in [2.05, 4.69) is 9.97 Å². The summed E-state index contributed by atoms with van der Waals surface area (Å²) in [7, 11) is -8.36. The number of para-hydroxylation sites is 2. The molecule has 0 aliphatic heterocycles. The Hall–Kier alpha value is -3.53. The highest BCUT2D eigenvalue weighted by molar-refractivity contribution is 7.91. The molecule has 0 fully saturated rings. The summed E-state index contributed by atoms with van der Waals surface area (Å²) < 4.78 is 69.7. The van der Waals surface area contributed by atoms with Crippen molar-refractivity contribution in [1.29, 1.82) is 0 Å². The largest absolute Gasteiger partial charge is 0.377 e. The first kappa shape index (κ1) is 40.2. The van der Waals surface area contributed by atoms with E-state index >= 15 is 0 Å². The molecule has 12 nitrogen and oxygen atoms in total. The predicted octanol–water partition coefficient (Wildman–Crippen LogP) is 4.78. The highest BCUT2D eigenvalue weighted by Gasteiger charge is 2.47. The van der Waals surface area contributed by atoms with Crippen LogP contribution in [0.3, 0.4) is 0 Å². The third-order valence-electron chi connectivity index (χ3n) is 7.87. The van der Waals surface area contributed by atoms with Gasteiger partial charge in [-0.1, -0.05) is 36.4 Å². The minimum absolute atomic E-state index is 0.182. The van der Waals surface area contributed by atoms with Crippen LogP contribution < -0.4 is 5.73 Å². The molecule has 0 saturated heterocycles. The van der Waals surface area contributed by atoms with E-state index in [1.165, 1.54) is 12.4 Å². The number of fused-ring (bicyclic) bond motifs is 2. The van der Waals surface area contributed by atoms with Crippen LogP contribution in [0.5, 0.6) is 0 Å². The molecule has 14 heteroatoms. The Morgan fingerprint density at radius 2 is 1.35 bits per heavy atom. The van der Waals surface area contributed by atoms with Crippen LogP contribution in [0.15, 0.2) is 73.1 Å². The van der Waals surface area contributed by atoms with Crippen LogP contribution in [0.25, 0.3) is 21.8 Å².